The van der Waals surface area contributed by atoms with Crippen molar-refractivity contribution in [2.24, 2.45) is 0 Å². The SMILES string of the molecule is Cc1cccnc1CC(=O)N1CCCCC1CCc1cccs1. The van der Waals surface area contributed by atoms with Crippen molar-refractivity contribution in [1.82, 2.24) is 9.88 Å². The molecule has 0 bridgehead atoms. The van der Waals surface area contributed by atoms with Gasteiger partial charge in [0.05, 0.1) is 12.1 Å². The first-order chi connectivity index (χ1) is 11.2. The summed E-state index contributed by atoms with van der Waals surface area (Å²) in [5.74, 6) is 0.239. The van der Waals surface area contributed by atoms with Crippen LogP contribution >= 0.6 is 11.3 Å². The van der Waals surface area contributed by atoms with Crippen molar-refractivity contribution >= 4 is 17.2 Å². The maximum absolute atomic E-state index is 12.8. The number of likely N-dealkylation sites (tertiary alicyclic amines) is 1. The Morgan fingerprint density at radius 2 is 2.26 bits per heavy atom. The number of hydrogen-bond acceptors (Lipinski definition) is 3. The highest BCUT2D eigenvalue weighted by Crippen LogP contribution is 2.23. The fraction of sp³-hybridized carbons (Fsp3) is 0.474. The smallest absolute Gasteiger partial charge is 0.228 e. The topological polar surface area (TPSA) is 33.2 Å². The summed E-state index contributed by atoms with van der Waals surface area (Å²) in [6, 6.07) is 8.64. The van der Waals surface area contributed by atoms with Crippen molar-refractivity contribution in [2.75, 3.05) is 6.54 Å². The van der Waals surface area contributed by atoms with E-state index in [0.29, 0.717) is 12.5 Å². The summed E-state index contributed by atoms with van der Waals surface area (Å²) in [6.07, 6.45) is 7.87. The van der Waals surface area contributed by atoms with Gasteiger partial charge in [-0.3, -0.25) is 9.78 Å². The van der Waals surface area contributed by atoms with Crippen molar-refractivity contribution in [3.8, 4) is 0 Å². The molecule has 0 radical (unpaired) electrons. The first kappa shape index (κ1) is 16.2. The van der Waals surface area contributed by atoms with Gasteiger partial charge >= 0.3 is 0 Å². The molecule has 1 atom stereocenters. The molecule has 1 unspecified atom stereocenters. The van der Waals surface area contributed by atoms with Crippen LogP contribution in [0.25, 0.3) is 0 Å². The molecule has 3 rings (SSSR count). The predicted molar refractivity (Wildman–Crippen MR) is 94.7 cm³/mol. The molecule has 23 heavy (non-hydrogen) atoms. The van der Waals surface area contributed by atoms with E-state index in [-0.39, 0.29) is 5.91 Å². The van der Waals surface area contributed by atoms with Gasteiger partial charge in [-0.1, -0.05) is 12.1 Å². The third kappa shape index (κ3) is 4.20. The van der Waals surface area contributed by atoms with E-state index in [1.54, 1.807) is 6.20 Å². The highest BCUT2D eigenvalue weighted by atomic mass is 32.1. The van der Waals surface area contributed by atoms with Crippen LogP contribution in [0.15, 0.2) is 35.8 Å². The highest BCUT2D eigenvalue weighted by molar-refractivity contribution is 7.09. The number of aryl methyl sites for hydroxylation is 2. The van der Waals surface area contributed by atoms with Crippen molar-refractivity contribution in [3.05, 3.63) is 52.0 Å². The summed E-state index contributed by atoms with van der Waals surface area (Å²) in [5, 5.41) is 2.13. The number of hydrogen-bond donors (Lipinski definition) is 0. The molecule has 0 N–H and O–H groups in total. The lowest BCUT2D eigenvalue weighted by Crippen LogP contribution is -2.44. The molecule has 1 saturated heterocycles. The lowest BCUT2D eigenvalue weighted by Gasteiger charge is -2.36. The van der Waals surface area contributed by atoms with Crippen LogP contribution in [0.4, 0.5) is 0 Å². The average molecular weight is 328 g/mol. The number of pyridine rings is 1. The summed E-state index contributed by atoms with van der Waals surface area (Å²) in [7, 11) is 0. The van der Waals surface area contributed by atoms with Crippen LogP contribution in [0.5, 0.6) is 0 Å². The van der Waals surface area contributed by atoms with E-state index in [1.807, 2.05) is 30.4 Å². The predicted octanol–water partition coefficient (Wildman–Crippen LogP) is 4.01. The molecule has 2 aromatic rings. The van der Waals surface area contributed by atoms with Crippen molar-refractivity contribution in [3.63, 3.8) is 0 Å². The molecule has 1 aliphatic rings. The van der Waals surface area contributed by atoms with E-state index < -0.39 is 0 Å². The standard InChI is InChI=1S/C19H24N2OS/c1-15-6-4-11-20-18(15)14-19(22)21-12-3-2-7-16(21)9-10-17-8-5-13-23-17/h4-6,8,11,13,16H,2-3,7,9-10,12,14H2,1H3. The minimum Gasteiger partial charge on any atom is -0.339 e. The second kappa shape index (κ2) is 7.73. The van der Waals surface area contributed by atoms with Gasteiger partial charge in [-0.15, -0.1) is 11.3 Å². The Morgan fingerprint density at radius 3 is 3.04 bits per heavy atom. The maximum Gasteiger partial charge on any atom is 0.228 e. The molecule has 2 aromatic heterocycles. The molecule has 1 amide bonds. The zero-order valence-corrected chi connectivity index (χ0v) is 14.5. The van der Waals surface area contributed by atoms with E-state index in [9.17, 15) is 4.79 Å². The van der Waals surface area contributed by atoms with Gasteiger partial charge in [-0.2, -0.15) is 0 Å². The van der Waals surface area contributed by atoms with Crippen LogP contribution in [-0.4, -0.2) is 28.4 Å². The fourth-order valence-electron chi connectivity index (χ4n) is 3.34. The minimum absolute atomic E-state index is 0.239. The van der Waals surface area contributed by atoms with E-state index in [1.165, 1.54) is 11.3 Å². The molecule has 4 heteroatoms. The fourth-order valence-corrected chi connectivity index (χ4v) is 4.07. The number of nitrogens with zero attached hydrogens (tertiary/aromatic N) is 2. The number of amides is 1. The monoisotopic (exact) mass is 328 g/mol. The average Bonchev–Trinajstić information content (AvgIpc) is 3.09. The largest absolute Gasteiger partial charge is 0.339 e. The van der Waals surface area contributed by atoms with E-state index in [0.717, 1.165) is 43.5 Å². The summed E-state index contributed by atoms with van der Waals surface area (Å²) in [4.78, 5) is 20.7. The Kier molecular flexibility index (Phi) is 5.44. The lowest BCUT2D eigenvalue weighted by molar-refractivity contribution is -0.134. The zero-order chi connectivity index (χ0) is 16.1. The molecule has 3 heterocycles. The van der Waals surface area contributed by atoms with Crippen LogP contribution < -0.4 is 0 Å². The van der Waals surface area contributed by atoms with Crippen molar-refractivity contribution < 1.29 is 4.79 Å². The third-order valence-corrected chi connectivity index (χ3v) is 5.62. The first-order valence-corrected chi connectivity index (χ1v) is 9.34. The Bertz CT molecular complexity index is 639. The van der Waals surface area contributed by atoms with Crippen LogP contribution in [0.1, 0.15) is 41.8 Å². The Balaban J connectivity index is 1.63. The number of carbonyl (C=O) groups is 1. The molecule has 0 aromatic carbocycles. The van der Waals surface area contributed by atoms with Gasteiger partial charge in [0.15, 0.2) is 0 Å². The molecule has 1 fully saturated rings. The number of piperidine rings is 1. The van der Waals surface area contributed by atoms with Gasteiger partial charge < -0.3 is 4.90 Å². The summed E-state index contributed by atoms with van der Waals surface area (Å²) >= 11 is 1.81. The second-order valence-electron chi connectivity index (χ2n) is 6.30. The number of aromatic nitrogens is 1. The number of thiophene rings is 1. The minimum atomic E-state index is 0.239. The molecule has 1 aliphatic heterocycles. The highest BCUT2D eigenvalue weighted by Gasteiger charge is 2.26. The Morgan fingerprint density at radius 1 is 1.35 bits per heavy atom. The number of rotatable bonds is 5. The van der Waals surface area contributed by atoms with Crippen molar-refractivity contribution in [2.45, 2.75) is 51.5 Å². The summed E-state index contributed by atoms with van der Waals surface area (Å²) in [6.45, 7) is 2.93. The van der Waals surface area contributed by atoms with Crippen LogP contribution in [-0.2, 0) is 17.6 Å². The quantitative estimate of drug-likeness (QED) is 0.831. The second-order valence-corrected chi connectivity index (χ2v) is 7.33. The molecular formula is C19H24N2OS. The maximum atomic E-state index is 12.8. The Labute approximate surface area is 142 Å². The molecule has 0 saturated carbocycles. The van der Waals surface area contributed by atoms with Gasteiger partial charge in [0.2, 0.25) is 5.91 Å². The zero-order valence-electron chi connectivity index (χ0n) is 13.7. The van der Waals surface area contributed by atoms with Gasteiger partial charge in [0, 0.05) is 23.7 Å². The van der Waals surface area contributed by atoms with Crippen LogP contribution in [0.2, 0.25) is 0 Å². The van der Waals surface area contributed by atoms with Gasteiger partial charge in [0.25, 0.3) is 0 Å². The van der Waals surface area contributed by atoms with Gasteiger partial charge in [-0.25, -0.2) is 0 Å². The van der Waals surface area contributed by atoms with Crippen LogP contribution in [0.3, 0.4) is 0 Å². The van der Waals surface area contributed by atoms with E-state index in [4.69, 9.17) is 0 Å². The molecule has 122 valence electrons. The van der Waals surface area contributed by atoms with Gasteiger partial charge in [-0.05, 0) is 62.1 Å². The molecule has 0 spiro atoms. The molecule has 0 aliphatic carbocycles. The third-order valence-electron chi connectivity index (χ3n) is 4.69. The van der Waals surface area contributed by atoms with Gasteiger partial charge in [0.1, 0.15) is 0 Å². The summed E-state index contributed by atoms with van der Waals surface area (Å²) in [5.41, 5.74) is 2.02. The normalized spacial score (nSPS) is 18.1. The Hall–Kier alpha value is -1.68. The van der Waals surface area contributed by atoms with E-state index >= 15 is 0 Å². The van der Waals surface area contributed by atoms with E-state index in [2.05, 4.69) is 27.4 Å². The number of carbonyl (C=O) groups excluding carboxylic acids is 1. The first-order valence-electron chi connectivity index (χ1n) is 8.46. The summed E-state index contributed by atoms with van der Waals surface area (Å²) < 4.78 is 0. The lowest BCUT2D eigenvalue weighted by atomic mass is 9.96. The van der Waals surface area contributed by atoms with Crippen molar-refractivity contribution in [1.29, 1.82) is 0 Å². The van der Waals surface area contributed by atoms with Crippen LogP contribution in [0, 0.1) is 6.92 Å². The molecular weight excluding hydrogens is 304 g/mol. The molecule has 3 nitrogen and oxygen atoms in total.